The van der Waals surface area contributed by atoms with Gasteiger partial charge in [-0.1, -0.05) is 31.2 Å². The summed E-state index contributed by atoms with van der Waals surface area (Å²) in [7, 11) is 0. The minimum absolute atomic E-state index is 0.293. The van der Waals surface area contributed by atoms with Crippen LogP contribution in [0.2, 0.25) is 0 Å². The maximum atomic E-state index is 12.9. The summed E-state index contributed by atoms with van der Waals surface area (Å²) in [6, 6.07) is 12.2. The maximum absolute atomic E-state index is 12.9. The van der Waals surface area contributed by atoms with Gasteiger partial charge in [-0.2, -0.15) is 0 Å². The molecule has 0 saturated carbocycles. The van der Waals surface area contributed by atoms with Gasteiger partial charge in [-0.05, 0) is 67.4 Å². The molecule has 0 spiro atoms. The maximum Gasteiger partial charge on any atom is 0.344 e. The van der Waals surface area contributed by atoms with E-state index in [1.54, 1.807) is 50.3 Å². The predicted molar refractivity (Wildman–Crippen MR) is 120 cm³/mol. The molecule has 3 rings (SSSR count). The Bertz CT molecular complexity index is 1050. The van der Waals surface area contributed by atoms with Gasteiger partial charge in [-0.25, -0.2) is 9.69 Å². The van der Waals surface area contributed by atoms with Crippen molar-refractivity contribution in [3.8, 4) is 11.5 Å². The van der Waals surface area contributed by atoms with Gasteiger partial charge in [0.15, 0.2) is 17.6 Å². The Morgan fingerprint density at radius 3 is 2.55 bits per heavy atom. The van der Waals surface area contributed by atoms with E-state index in [4.69, 9.17) is 9.47 Å². The topological polar surface area (TPSA) is 93.1 Å². The van der Waals surface area contributed by atoms with Crippen LogP contribution >= 0.6 is 11.8 Å². The number of anilines is 1. The summed E-state index contributed by atoms with van der Waals surface area (Å²) in [5.41, 5.74) is 2.02. The van der Waals surface area contributed by atoms with E-state index in [0.29, 0.717) is 40.7 Å². The number of para-hydroxylation sites is 1. The van der Waals surface area contributed by atoms with Crippen molar-refractivity contribution in [2.45, 2.75) is 33.3 Å². The van der Waals surface area contributed by atoms with Crippen molar-refractivity contribution in [1.29, 1.82) is 0 Å². The number of amides is 2. The Kier molecular flexibility index (Phi) is 7.02. The minimum atomic E-state index is -1.06. The van der Waals surface area contributed by atoms with E-state index in [1.165, 1.54) is 4.90 Å². The predicted octanol–water partition coefficient (Wildman–Crippen LogP) is 4.88. The number of aliphatic carboxylic acids is 1. The molecular weight excluding hydrogens is 418 g/mol. The second-order valence-electron chi connectivity index (χ2n) is 6.80. The van der Waals surface area contributed by atoms with Crippen molar-refractivity contribution in [3.05, 3.63) is 58.5 Å². The van der Waals surface area contributed by atoms with Crippen molar-refractivity contribution in [2.75, 3.05) is 11.5 Å². The number of carboxylic acid groups (broad SMARTS) is 1. The van der Waals surface area contributed by atoms with Gasteiger partial charge in [-0.3, -0.25) is 9.59 Å². The third-order valence-corrected chi connectivity index (χ3v) is 5.50. The Morgan fingerprint density at radius 2 is 1.90 bits per heavy atom. The summed E-state index contributed by atoms with van der Waals surface area (Å²) in [4.78, 5) is 38.2. The molecule has 1 N–H and O–H groups in total. The van der Waals surface area contributed by atoms with E-state index < -0.39 is 12.1 Å². The van der Waals surface area contributed by atoms with E-state index >= 15 is 0 Å². The summed E-state index contributed by atoms with van der Waals surface area (Å²) in [5.74, 6) is -0.770. The van der Waals surface area contributed by atoms with Crippen LogP contribution in [0.1, 0.15) is 31.4 Å². The number of carboxylic acids is 1. The molecular formula is C23H23NO6S. The molecule has 1 heterocycles. The second kappa shape index (κ2) is 9.70. The first-order valence-corrected chi connectivity index (χ1v) is 10.7. The number of ether oxygens (including phenoxy) is 2. The van der Waals surface area contributed by atoms with Crippen molar-refractivity contribution in [3.63, 3.8) is 0 Å². The fourth-order valence-electron chi connectivity index (χ4n) is 3.08. The van der Waals surface area contributed by atoms with Gasteiger partial charge in [0.25, 0.3) is 11.1 Å². The SMILES string of the molecule is CCOc1cc(/C=C2/SC(=O)N(c3ccccc3C)C2=O)ccc1OC(CC)C(=O)O. The Morgan fingerprint density at radius 1 is 1.16 bits per heavy atom. The number of benzene rings is 2. The van der Waals surface area contributed by atoms with Crippen molar-refractivity contribution in [1.82, 2.24) is 0 Å². The van der Waals surface area contributed by atoms with Crippen LogP contribution < -0.4 is 14.4 Å². The zero-order valence-electron chi connectivity index (χ0n) is 17.5. The molecule has 1 fully saturated rings. The molecule has 1 unspecified atom stereocenters. The Labute approximate surface area is 184 Å². The van der Waals surface area contributed by atoms with E-state index in [-0.39, 0.29) is 11.1 Å². The average molecular weight is 442 g/mol. The molecule has 8 heteroatoms. The fourth-order valence-corrected chi connectivity index (χ4v) is 3.92. The lowest BCUT2D eigenvalue weighted by Crippen LogP contribution is -2.28. The normalized spacial score (nSPS) is 16.0. The summed E-state index contributed by atoms with van der Waals surface area (Å²) in [6.07, 6.45) is 0.925. The van der Waals surface area contributed by atoms with Gasteiger partial charge < -0.3 is 14.6 Å². The van der Waals surface area contributed by atoms with Gasteiger partial charge in [0, 0.05) is 0 Å². The third-order valence-electron chi connectivity index (χ3n) is 4.63. The number of carbonyl (C=O) groups is 3. The number of rotatable bonds is 8. The molecule has 2 amide bonds. The zero-order valence-corrected chi connectivity index (χ0v) is 18.3. The highest BCUT2D eigenvalue weighted by atomic mass is 32.2. The lowest BCUT2D eigenvalue weighted by atomic mass is 10.1. The molecule has 1 aliphatic rings. The first-order chi connectivity index (χ1) is 14.8. The Hall–Kier alpha value is -3.26. The van der Waals surface area contributed by atoms with Crippen molar-refractivity contribution < 1.29 is 29.0 Å². The molecule has 0 bridgehead atoms. The largest absolute Gasteiger partial charge is 0.490 e. The molecule has 1 atom stereocenters. The number of aryl methyl sites for hydroxylation is 1. The molecule has 0 aromatic heterocycles. The first kappa shape index (κ1) is 22.4. The van der Waals surface area contributed by atoms with Crippen LogP contribution in [0.5, 0.6) is 11.5 Å². The summed E-state index contributed by atoms with van der Waals surface area (Å²) in [5, 5.41) is 8.88. The summed E-state index contributed by atoms with van der Waals surface area (Å²) in [6.45, 7) is 5.72. The standard InChI is InChI=1S/C23H23NO6S/c1-4-17(22(26)27)30-18-11-10-15(12-19(18)29-5-2)13-20-21(25)24(23(28)31-20)16-9-7-6-8-14(16)3/h6-13,17H,4-5H2,1-3H3,(H,26,27)/b20-13+. The van der Waals surface area contributed by atoms with Crippen LogP contribution in [-0.2, 0) is 9.59 Å². The number of hydrogen-bond acceptors (Lipinski definition) is 6. The van der Waals surface area contributed by atoms with Crippen LogP contribution in [0, 0.1) is 6.92 Å². The van der Waals surface area contributed by atoms with Crippen LogP contribution in [0.4, 0.5) is 10.5 Å². The number of carbonyl (C=O) groups excluding carboxylic acids is 2. The minimum Gasteiger partial charge on any atom is -0.490 e. The summed E-state index contributed by atoms with van der Waals surface area (Å²) < 4.78 is 11.2. The lowest BCUT2D eigenvalue weighted by Gasteiger charge is -2.17. The molecule has 31 heavy (non-hydrogen) atoms. The van der Waals surface area contributed by atoms with Crippen LogP contribution in [-0.4, -0.2) is 34.9 Å². The highest BCUT2D eigenvalue weighted by Crippen LogP contribution is 2.38. The molecule has 1 saturated heterocycles. The quantitative estimate of drug-likeness (QED) is 0.584. The number of imide groups is 1. The molecule has 162 valence electrons. The second-order valence-corrected chi connectivity index (χ2v) is 7.79. The zero-order chi connectivity index (χ0) is 22.5. The monoisotopic (exact) mass is 441 g/mol. The molecule has 2 aromatic carbocycles. The molecule has 0 aliphatic carbocycles. The fraction of sp³-hybridized carbons (Fsp3) is 0.261. The third kappa shape index (κ3) is 4.91. The van der Waals surface area contributed by atoms with Crippen LogP contribution in [0.3, 0.4) is 0 Å². The van der Waals surface area contributed by atoms with Gasteiger partial charge in [0.1, 0.15) is 0 Å². The lowest BCUT2D eigenvalue weighted by molar-refractivity contribution is -0.145. The average Bonchev–Trinajstić information content (AvgIpc) is 3.01. The van der Waals surface area contributed by atoms with Crippen molar-refractivity contribution in [2.24, 2.45) is 0 Å². The van der Waals surface area contributed by atoms with Crippen LogP contribution in [0.15, 0.2) is 47.4 Å². The van der Waals surface area contributed by atoms with Gasteiger partial charge in [0.2, 0.25) is 0 Å². The molecule has 0 radical (unpaired) electrons. The van der Waals surface area contributed by atoms with E-state index in [2.05, 4.69) is 0 Å². The highest BCUT2D eigenvalue weighted by molar-refractivity contribution is 8.19. The molecule has 1 aliphatic heterocycles. The summed E-state index contributed by atoms with van der Waals surface area (Å²) >= 11 is 0.871. The van der Waals surface area contributed by atoms with Gasteiger partial charge >= 0.3 is 5.97 Å². The van der Waals surface area contributed by atoms with Crippen LogP contribution in [0.25, 0.3) is 6.08 Å². The van der Waals surface area contributed by atoms with E-state index in [1.807, 2.05) is 19.1 Å². The first-order valence-electron chi connectivity index (χ1n) is 9.85. The number of nitrogens with zero attached hydrogens (tertiary/aromatic N) is 1. The molecule has 2 aromatic rings. The van der Waals surface area contributed by atoms with Crippen molar-refractivity contribution >= 4 is 40.6 Å². The number of thioether (sulfide) groups is 1. The van der Waals surface area contributed by atoms with Gasteiger partial charge in [0.05, 0.1) is 17.2 Å². The Balaban J connectivity index is 1.90. The van der Waals surface area contributed by atoms with Gasteiger partial charge in [-0.15, -0.1) is 0 Å². The van der Waals surface area contributed by atoms with E-state index in [0.717, 1.165) is 17.3 Å². The van der Waals surface area contributed by atoms with E-state index in [9.17, 15) is 19.5 Å². The molecule has 7 nitrogen and oxygen atoms in total. The smallest absolute Gasteiger partial charge is 0.344 e. The number of hydrogen-bond donors (Lipinski definition) is 1. The highest BCUT2D eigenvalue weighted by Gasteiger charge is 2.36.